The van der Waals surface area contributed by atoms with Gasteiger partial charge in [0.2, 0.25) is 0 Å². The standard InChI is InChI=1S/C13H9ClFN3O2S/c14-10-5-8(7-16)1-4-13(10)21(19,20)18-9-2-3-12(17)11(15)6-9/h1-6,18H,17H2. The molecule has 2 rings (SSSR count). The molecule has 0 radical (unpaired) electrons. The van der Waals surface area contributed by atoms with Crippen molar-refractivity contribution in [1.82, 2.24) is 0 Å². The van der Waals surface area contributed by atoms with Crippen LogP contribution in [0.25, 0.3) is 0 Å². The molecule has 21 heavy (non-hydrogen) atoms. The van der Waals surface area contributed by atoms with E-state index < -0.39 is 15.8 Å². The highest BCUT2D eigenvalue weighted by Crippen LogP contribution is 2.25. The summed E-state index contributed by atoms with van der Waals surface area (Å²) in [6.07, 6.45) is 0. The summed E-state index contributed by atoms with van der Waals surface area (Å²) >= 11 is 5.85. The summed E-state index contributed by atoms with van der Waals surface area (Å²) in [5.41, 5.74) is 5.48. The van der Waals surface area contributed by atoms with Crippen molar-refractivity contribution in [3.8, 4) is 6.07 Å². The SMILES string of the molecule is N#Cc1ccc(S(=O)(=O)Nc2ccc(N)c(F)c2)c(Cl)c1. The van der Waals surface area contributed by atoms with Gasteiger partial charge in [0.15, 0.2) is 0 Å². The van der Waals surface area contributed by atoms with Crippen LogP contribution >= 0.6 is 11.6 Å². The van der Waals surface area contributed by atoms with Crippen LogP contribution in [0.4, 0.5) is 15.8 Å². The molecule has 0 aromatic heterocycles. The number of nitrogens with one attached hydrogen (secondary N) is 1. The van der Waals surface area contributed by atoms with Gasteiger partial charge in [0.25, 0.3) is 10.0 Å². The number of hydrogen-bond donors (Lipinski definition) is 2. The molecule has 0 aliphatic rings. The molecule has 108 valence electrons. The molecule has 8 heteroatoms. The van der Waals surface area contributed by atoms with Crippen LogP contribution < -0.4 is 10.5 Å². The van der Waals surface area contributed by atoms with Crippen molar-refractivity contribution in [2.75, 3.05) is 10.5 Å². The number of sulfonamides is 1. The largest absolute Gasteiger partial charge is 0.396 e. The van der Waals surface area contributed by atoms with Crippen LogP contribution in [0.15, 0.2) is 41.3 Å². The average Bonchev–Trinajstić information content (AvgIpc) is 2.42. The maximum absolute atomic E-state index is 13.3. The van der Waals surface area contributed by atoms with Crippen molar-refractivity contribution in [3.63, 3.8) is 0 Å². The molecular weight excluding hydrogens is 317 g/mol. The number of halogens is 2. The number of rotatable bonds is 3. The van der Waals surface area contributed by atoms with Gasteiger partial charge in [-0.2, -0.15) is 5.26 Å². The smallest absolute Gasteiger partial charge is 0.263 e. The summed E-state index contributed by atoms with van der Waals surface area (Å²) in [5.74, 6) is -0.735. The Bertz CT molecular complexity index is 847. The highest BCUT2D eigenvalue weighted by atomic mass is 35.5. The van der Waals surface area contributed by atoms with Gasteiger partial charge >= 0.3 is 0 Å². The fraction of sp³-hybridized carbons (Fsp3) is 0. The van der Waals surface area contributed by atoms with E-state index in [1.165, 1.54) is 30.3 Å². The van der Waals surface area contributed by atoms with Crippen molar-refractivity contribution >= 4 is 33.0 Å². The Morgan fingerprint density at radius 1 is 1.24 bits per heavy atom. The minimum Gasteiger partial charge on any atom is -0.396 e. The van der Waals surface area contributed by atoms with Gasteiger partial charge in [-0.1, -0.05) is 11.6 Å². The summed E-state index contributed by atoms with van der Waals surface area (Å²) in [6, 6.07) is 9.14. The first-order valence-electron chi connectivity index (χ1n) is 5.61. The van der Waals surface area contributed by atoms with Crippen molar-refractivity contribution < 1.29 is 12.8 Å². The van der Waals surface area contributed by atoms with Crippen LogP contribution in [0.5, 0.6) is 0 Å². The van der Waals surface area contributed by atoms with Crippen molar-refractivity contribution in [3.05, 3.63) is 52.8 Å². The summed E-state index contributed by atoms with van der Waals surface area (Å²) in [6.45, 7) is 0. The van der Waals surface area contributed by atoms with Gasteiger partial charge in [-0.05, 0) is 30.3 Å². The lowest BCUT2D eigenvalue weighted by molar-refractivity contribution is 0.601. The first-order chi connectivity index (χ1) is 9.83. The molecule has 0 atom stereocenters. The number of hydrogen-bond acceptors (Lipinski definition) is 4. The lowest BCUT2D eigenvalue weighted by atomic mass is 10.2. The third kappa shape index (κ3) is 3.24. The summed E-state index contributed by atoms with van der Waals surface area (Å²) in [7, 11) is -4.00. The van der Waals surface area contributed by atoms with Crippen molar-refractivity contribution in [2.24, 2.45) is 0 Å². The molecule has 0 saturated heterocycles. The second-order valence-electron chi connectivity index (χ2n) is 4.10. The summed E-state index contributed by atoms with van der Waals surface area (Å²) in [5, 5.41) is 8.62. The summed E-state index contributed by atoms with van der Waals surface area (Å²) < 4.78 is 39.9. The van der Waals surface area contributed by atoms with Gasteiger partial charge in [0.1, 0.15) is 10.7 Å². The Hall–Kier alpha value is -2.30. The molecule has 0 heterocycles. The van der Waals surface area contributed by atoms with Crippen LogP contribution in [-0.2, 0) is 10.0 Å². The van der Waals surface area contributed by atoms with Gasteiger partial charge in [0, 0.05) is 6.07 Å². The Labute approximate surface area is 125 Å². The maximum Gasteiger partial charge on any atom is 0.263 e. The lowest BCUT2D eigenvalue weighted by Gasteiger charge is -2.10. The van der Waals surface area contributed by atoms with E-state index in [4.69, 9.17) is 22.6 Å². The van der Waals surface area contributed by atoms with Crippen LogP contribution in [0, 0.1) is 17.1 Å². The zero-order valence-corrected chi connectivity index (χ0v) is 12.0. The highest BCUT2D eigenvalue weighted by Gasteiger charge is 2.18. The third-order valence-corrected chi connectivity index (χ3v) is 4.47. The molecule has 0 saturated carbocycles. The van der Waals surface area contributed by atoms with E-state index in [2.05, 4.69) is 4.72 Å². The monoisotopic (exact) mass is 325 g/mol. The normalized spacial score (nSPS) is 10.9. The van der Waals surface area contributed by atoms with E-state index in [1.807, 2.05) is 6.07 Å². The quantitative estimate of drug-likeness (QED) is 0.848. The summed E-state index contributed by atoms with van der Waals surface area (Å²) in [4.78, 5) is -0.208. The third-order valence-electron chi connectivity index (χ3n) is 2.60. The van der Waals surface area contributed by atoms with E-state index >= 15 is 0 Å². The molecule has 0 fully saturated rings. The maximum atomic E-state index is 13.3. The number of nitrogens with zero attached hydrogens (tertiary/aromatic N) is 1. The Kier molecular flexibility index (Phi) is 4.02. The number of nitriles is 1. The molecule has 0 spiro atoms. The molecule has 5 nitrogen and oxygen atoms in total. The first kappa shape index (κ1) is 15.1. The molecule has 2 aromatic carbocycles. The van der Waals surface area contributed by atoms with Gasteiger partial charge < -0.3 is 5.73 Å². The minimum absolute atomic E-state index is 0.0159. The molecule has 0 bridgehead atoms. The molecule has 3 N–H and O–H groups in total. The van der Waals surface area contributed by atoms with Crippen LogP contribution in [0.1, 0.15) is 5.56 Å². The van der Waals surface area contributed by atoms with E-state index in [-0.39, 0.29) is 26.9 Å². The number of nitrogen functional groups attached to an aromatic ring is 1. The molecule has 0 aliphatic heterocycles. The zero-order chi connectivity index (χ0) is 15.6. The number of nitrogens with two attached hydrogens (primary N) is 1. The predicted octanol–water partition coefficient (Wildman–Crippen LogP) is 2.73. The van der Waals surface area contributed by atoms with Crippen molar-refractivity contribution in [2.45, 2.75) is 4.90 Å². The molecule has 0 aliphatic carbocycles. The number of anilines is 2. The van der Waals surface area contributed by atoms with Crippen LogP contribution in [0.3, 0.4) is 0 Å². The van der Waals surface area contributed by atoms with Crippen LogP contribution in [-0.4, -0.2) is 8.42 Å². The second-order valence-corrected chi connectivity index (χ2v) is 6.16. The van der Waals surface area contributed by atoms with Crippen LogP contribution in [0.2, 0.25) is 5.02 Å². The Balaban J connectivity index is 2.38. The average molecular weight is 326 g/mol. The van der Waals surface area contributed by atoms with E-state index in [9.17, 15) is 12.8 Å². The lowest BCUT2D eigenvalue weighted by Crippen LogP contribution is -2.13. The van der Waals surface area contributed by atoms with Gasteiger partial charge in [-0.3, -0.25) is 4.72 Å². The molecule has 0 unspecified atom stereocenters. The Morgan fingerprint density at radius 3 is 2.52 bits per heavy atom. The van der Waals surface area contributed by atoms with E-state index in [0.29, 0.717) is 0 Å². The van der Waals surface area contributed by atoms with Gasteiger partial charge in [-0.15, -0.1) is 0 Å². The fourth-order valence-corrected chi connectivity index (χ4v) is 3.18. The zero-order valence-electron chi connectivity index (χ0n) is 10.5. The molecular formula is C13H9ClFN3O2S. The number of benzene rings is 2. The topological polar surface area (TPSA) is 96.0 Å². The highest BCUT2D eigenvalue weighted by molar-refractivity contribution is 7.92. The molecule has 0 amide bonds. The van der Waals surface area contributed by atoms with Gasteiger partial charge in [-0.25, -0.2) is 12.8 Å². The predicted molar refractivity (Wildman–Crippen MR) is 77.8 cm³/mol. The van der Waals surface area contributed by atoms with E-state index in [1.54, 1.807) is 0 Å². The minimum atomic E-state index is -4.00. The Morgan fingerprint density at radius 2 is 1.95 bits per heavy atom. The van der Waals surface area contributed by atoms with Gasteiger partial charge in [0.05, 0.1) is 28.0 Å². The van der Waals surface area contributed by atoms with E-state index in [0.717, 1.165) is 6.07 Å². The molecule has 2 aromatic rings. The second kappa shape index (κ2) is 5.60. The van der Waals surface area contributed by atoms with Crippen molar-refractivity contribution in [1.29, 1.82) is 5.26 Å². The fourth-order valence-electron chi connectivity index (χ4n) is 1.59. The first-order valence-corrected chi connectivity index (χ1v) is 7.47.